The van der Waals surface area contributed by atoms with Gasteiger partial charge in [-0.3, -0.25) is 14.8 Å². The number of nitro benzene ring substituents is 1. The summed E-state index contributed by atoms with van der Waals surface area (Å²) in [7, 11) is -3.55. The molecule has 0 spiro atoms. The third-order valence-electron chi connectivity index (χ3n) is 2.54. The first-order valence-electron chi connectivity index (χ1n) is 5.78. The Morgan fingerprint density at radius 1 is 1.40 bits per heavy atom. The van der Waals surface area contributed by atoms with Crippen LogP contribution in [0.25, 0.3) is 0 Å². The number of anilines is 1. The van der Waals surface area contributed by atoms with Crippen LogP contribution in [0.3, 0.4) is 0 Å². The molecule has 9 heteroatoms. The summed E-state index contributed by atoms with van der Waals surface area (Å²) in [4.78, 5) is 10.3. The minimum Gasteiger partial charge on any atom is -0.282 e. The van der Waals surface area contributed by atoms with Crippen LogP contribution in [-0.4, -0.2) is 25.0 Å². The molecule has 0 aliphatic rings. The Morgan fingerprint density at radius 2 is 2.05 bits per heavy atom. The highest BCUT2D eigenvalue weighted by Gasteiger charge is 2.18. The second kappa shape index (κ2) is 7.24. The number of alkyl halides is 1. The van der Waals surface area contributed by atoms with E-state index >= 15 is 0 Å². The van der Waals surface area contributed by atoms with Gasteiger partial charge in [0.2, 0.25) is 10.0 Å². The van der Waals surface area contributed by atoms with Gasteiger partial charge < -0.3 is 0 Å². The van der Waals surface area contributed by atoms with Gasteiger partial charge in [-0.25, -0.2) is 8.42 Å². The second-order valence-electron chi connectivity index (χ2n) is 4.19. The molecule has 0 fully saturated rings. The first kappa shape index (κ1) is 17.2. The Hall–Kier alpha value is -0.860. The van der Waals surface area contributed by atoms with Crippen molar-refractivity contribution in [2.24, 2.45) is 0 Å². The van der Waals surface area contributed by atoms with E-state index in [-0.39, 0.29) is 17.1 Å². The number of nitro groups is 1. The molecule has 0 atom stereocenters. The van der Waals surface area contributed by atoms with Gasteiger partial charge in [0.1, 0.15) is 0 Å². The van der Waals surface area contributed by atoms with Crippen LogP contribution in [0, 0.1) is 17.0 Å². The first-order chi connectivity index (χ1) is 9.26. The normalized spacial score (nSPS) is 11.3. The number of aryl methyl sites for hydroxylation is 1. The molecule has 0 unspecified atom stereocenters. The zero-order valence-corrected chi connectivity index (χ0v) is 13.9. The summed E-state index contributed by atoms with van der Waals surface area (Å²) in [5, 5.41) is 10.9. The SMILES string of the molecule is Cc1cc(Br)c(NS(=O)(=O)CCCCCl)cc1[N+](=O)[O-]. The molecule has 6 nitrogen and oxygen atoms in total. The van der Waals surface area contributed by atoms with Crippen LogP contribution in [0.15, 0.2) is 16.6 Å². The zero-order chi connectivity index (χ0) is 15.3. The lowest BCUT2D eigenvalue weighted by Crippen LogP contribution is -2.17. The number of halogens is 2. The van der Waals surface area contributed by atoms with Crippen LogP contribution in [0.5, 0.6) is 0 Å². The summed E-state index contributed by atoms with van der Waals surface area (Å²) in [6.45, 7) is 1.58. The maximum atomic E-state index is 11.8. The molecule has 0 aliphatic carbocycles. The van der Waals surface area contributed by atoms with Crippen molar-refractivity contribution in [2.75, 3.05) is 16.4 Å². The Kier molecular flexibility index (Phi) is 6.22. The number of unbranched alkanes of at least 4 members (excludes halogenated alkanes) is 1. The quantitative estimate of drug-likeness (QED) is 0.337. The number of hydrogen-bond acceptors (Lipinski definition) is 4. The lowest BCUT2D eigenvalue weighted by atomic mass is 10.2. The van der Waals surface area contributed by atoms with E-state index in [0.29, 0.717) is 28.8 Å². The molecule has 0 radical (unpaired) electrons. The van der Waals surface area contributed by atoms with E-state index in [1.165, 1.54) is 12.1 Å². The number of nitrogens with one attached hydrogen (secondary N) is 1. The van der Waals surface area contributed by atoms with Crippen molar-refractivity contribution in [1.29, 1.82) is 0 Å². The molecule has 0 amide bonds. The third kappa shape index (κ3) is 4.92. The Labute approximate surface area is 130 Å². The standard InChI is InChI=1S/C11H14BrClN2O4S/c1-8-6-9(12)10(7-11(8)15(16)17)14-20(18,19)5-3-2-4-13/h6-7,14H,2-5H2,1H3. The number of benzene rings is 1. The van der Waals surface area contributed by atoms with Crippen LogP contribution in [0.1, 0.15) is 18.4 Å². The van der Waals surface area contributed by atoms with Gasteiger partial charge >= 0.3 is 0 Å². The van der Waals surface area contributed by atoms with Gasteiger partial charge in [0.15, 0.2) is 0 Å². The van der Waals surface area contributed by atoms with Crippen LogP contribution < -0.4 is 4.72 Å². The van der Waals surface area contributed by atoms with Gasteiger partial charge in [-0.15, -0.1) is 11.6 Å². The minimum absolute atomic E-state index is 0.0756. The predicted molar refractivity (Wildman–Crippen MR) is 82.9 cm³/mol. The molecule has 0 saturated carbocycles. The van der Waals surface area contributed by atoms with Gasteiger partial charge in [0.05, 0.1) is 16.4 Å². The predicted octanol–water partition coefficient (Wildman–Crippen LogP) is 3.43. The largest absolute Gasteiger partial charge is 0.282 e. The number of hydrogen-bond donors (Lipinski definition) is 1. The lowest BCUT2D eigenvalue weighted by Gasteiger charge is -2.10. The Bertz CT molecular complexity index is 607. The highest BCUT2D eigenvalue weighted by atomic mass is 79.9. The van der Waals surface area contributed by atoms with Gasteiger partial charge in [0, 0.05) is 22.0 Å². The topological polar surface area (TPSA) is 89.3 Å². The van der Waals surface area contributed by atoms with E-state index < -0.39 is 14.9 Å². The summed E-state index contributed by atoms with van der Waals surface area (Å²) >= 11 is 8.69. The summed E-state index contributed by atoms with van der Waals surface area (Å²) in [5.74, 6) is 0.322. The number of rotatable bonds is 7. The van der Waals surface area contributed by atoms with Crippen molar-refractivity contribution in [1.82, 2.24) is 0 Å². The fraction of sp³-hybridized carbons (Fsp3) is 0.455. The fourth-order valence-electron chi connectivity index (χ4n) is 1.54. The molecule has 1 N–H and O–H groups in total. The van der Waals surface area contributed by atoms with Crippen LogP contribution in [-0.2, 0) is 10.0 Å². The van der Waals surface area contributed by atoms with Crippen molar-refractivity contribution in [3.8, 4) is 0 Å². The van der Waals surface area contributed by atoms with Crippen LogP contribution >= 0.6 is 27.5 Å². The van der Waals surface area contributed by atoms with Crippen molar-refractivity contribution in [3.63, 3.8) is 0 Å². The summed E-state index contributed by atoms with van der Waals surface area (Å²) in [6, 6.07) is 2.72. The van der Waals surface area contributed by atoms with Crippen molar-refractivity contribution in [3.05, 3.63) is 32.3 Å². The third-order valence-corrected chi connectivity index (χ3v) is 4.82. The van der Waals surface area contributed by atoms with Crippen molar-refractivity contribution < 1.29 is 13.3 Å². The molecule has 0 saturated heterocycles. The van der Waals surface area contributed by atoms with Crippen LogP contribution in [0.4, 0.5) is 11.4 Å². The fourth-order valence-corrected chi connectivity index (χ4v) is 3.61. The van der Waals surface area contributed by atoms with E-state index in [1.54, 1.807) is 6.92 Å². The average molecular weight is 386 g/mol. The second-order valence-corrected chi connectivity index (χ2v) is 7.27. The molecule has 20 heavy (non-hydrogen) atoms. The van der Waals surface area contributed by atoms with Gasteiger partial charge in [-0.2, -0.15) is 0 Å². The van der Waals surface area contributed by atoms with E-state index in [1.807, 2.05) is 0 Å². The maximum Gasteiger partial charge on any atom is 0.274 e. The Morgan fingerprint density at radius 3 is 2.60 bits per heavy atom. The summed E-state index contributed by atoms with van der Waals surface area (Å²) in [5.41, 5.74) is 0.479. The molecule has 0 bridgehead atoms. The smallest absolute Gasteiger partial charge is 0.274 e. The molecular formula is C11H14BrClN2O4S. The molecule has 0 heterocycles. The Balaban J connectivity index is 2.97. The lowest BCUT2D eigenvalue weighted by molar-refractivity contribution is -0.385. The average Bonchev–Trinajstić information content (AvgIpc) is 2.32. The van der Waals surface area contributed by atoms with E-state index in [9.17, 15) is 18.5 Å². The molecule has 0 aliphatic heterocycles. The highest BCUT2D eigenvalue weighted by Crippen LogP contribution is 2.31. The van der Waals surface area contributed by atoms with E-state index in [0.717, 1.165) is 0 Å². The first-order valence-corrected chi connectivity index (χ1v) is 8.76. The van der Waals surface area contributed by atoms with Crippen LogP contribution in [0.2, 0.25) is 0 Å². The molecular weight excluding hydrogens is 372 g/mol. The monoisotopic (exact) mass is 384 g/mol. The molecule has 0 aromatic heterocycles. The molecule has 1 aromatic rings. The van der Waals surface area contributed by atoms with Gasteiger partial charge in [0.25, 0.3) is 5.69 Å². The maximum absolute atomic E-state index is 11.8. The van der Waals surface area contributed by atoms with E-state index in [2.05, 4.69) is 20.7 Å². The van der Waals surface area contributed by atoms with E-state index in [4.69, 9.17) is 11.6 Å². The molecule has 1 rings (SSSR count). The van der Waals surface area contributed by atoms with Crippen molar-refractivity contribution >= 4 is 48.9 Å². The van der Waals surface area contributed by atoms with Gasteiger partial charge in [-0.1, -0.05) is 0 Å². The number of sulfonamides is 1. The summed E-state index contributed by atoms with van der Waals surface area (Å²) < 4.78 is 26.5. The van der Waals surface area contributed by atoms with Gasteiger partial charge in [-0.05, 0) is 41.8 Å². The molecule has 112 valence electrons. The van der Waals surface area contributed by atoms with Crippen molar-refractivity contribution in [2.45, 2.75) is 19.8 Å². The summed E-state index contributed by atoms with van der Waals surface area (Å²) in [6.07, 6.45) is 1.03. The minimum atomic E-state index is -3.55. The highest BCUT2D eigenvalue weighted by molar-refractivity contribution is 9.10. The molecule has 1 aromatic carbocycles. The zero-order valence-electron chi connectivity index (χ0n) is 10.7. The number of nitrogens with zero attached hydrogens (tertiary/aromatic N) is 1.